The van der Waals surface area contributed by atoms with Crippen LogP contribution in [0.15, 0.2) is 16.5 Å². The van der Waals surface area contributed by atoms with Crippen LogP contribution in [0.4, 0.5) is 11.6 Å². The number of aryl methyl sites for hydroxylation is 1. The molecule has 0 radical (unpaired) electrons. The van der Waals surface area contributed by atoms with Crippen molar-refractivity contribution >= 4 is 11.6 Å². The topological polar surface area (TPSA) is 86.1 Å². The normalized spacial score (nSPS) is 11.1. The number of furan rings is 1. The molecule has 20 heavy (non-hydrogen) atoms. The lowest BCUT2D eigenvalue weighted by atomic mass is 10.3. The number of nitrogens with zero attached hydrogens (tertiary/aromatic N) is 3. The molecular formula is C13H18N4O3. The summed E-state index contributed by atoms with van der Waals surface area (Å²) >= 11 is 0. The lowest BCUT2D eigenvalue weighted by molar-refractivity contribution is -0.402. The fourth-order valence-electron chi connectivity index (χ4n) is 2.16. The molecule has 2 aromatic heterocycles. The Morgan fingerprint density at radius 3 is 2.65 bits per heavy atom. The standard InChI is InChI=1S/C13H18N4O3/c1-8(2)16-10(4)13(9(3)15-16)14-7-11-5-6-12(20-11)17(18)19/h5-6,8,14H,7H2,1-4H3. The molecule has 0 spiro atoms. The van der Waals surface area contributed by atoms with Gasteiger partial charge in [0, 0.05) is 6.04 Å². The highest BCUT2D eigenvalue weighted by Gasteiger charge is 2.15. The number of anilines is 1. The van der Waals surface area contributed by atoms with Gasteiger partial charge in [-0.05, 0) is 33.8 Å². The fourth-order valence-corrected chi connectivity index (χ4v) is 2.16. The van der Waals surface area contributed by atoms with Gasteiger partial charge < -0.3 is 9.73 Å². The van der Waals surface area contributed by atoms with Crippen molar-refractivity contribution in [2.75, 3.05) is 5.32 Å². The van der Waals surface area contributed by atoms with Crippen LogP contribution in [0, 0.1) is 24.0 Å². The number of nitrogens with one attached hydrogen (secondary N) is 1. The molecule has 2 rings (SSSR count). The summed E-state index contributed by atoms with van der Waals surface area (Å²) in [5.41, 5.74) is 2.88. The Bertz CT molecular complexity index is 628. The number of hydrogen-bond acceptors (Lipinski definition) is 5. The second-order valence-corrected chi connectivity index (χ2v) is 4.93. The van der Waals surface area contributed by atoms with E-state index in [0.717, 1.165) is 17.1 Å². The summed E-state index contributed by atoms with van der Waals surface area (Å²) in [7, 11) is 0. The molecule has 0 atom stereocenters. The van der Waals surface area contributed by atoms with E-state index in [4.69, 9.17) is 4.42 Å². The van der Waals surface area contributed by atoms with Gasteiger partial charge in [-0.2, -0.15) is 5.10 Å². The third-order valence-corrected chi connectivity index (χ3v) is 3.08. The zero-order valence-electron chi connectivity index (χ0n) is 12.0. The van der Waals surface area contributed by atoms with Gasteiger partial charge in [0.2, 0.25) is 0 Å². The molecule has 2 aromatic rings. The first-order valence-corrected chi connectivity index (χ1v) is 6.42. The second kappa shape index (κ2) is 5.36. The lowest BCUT2D eigenvalue weighted by Gasteiger charge is -2.09. The molecular weight excluding hydrogens is 260 g/mol. The van der Waals surface area contributed by atoms with Crippen LogP contribution in [-0.2, 0) is 6.54 Å². The molecule has 0 aromatic carbocycles. The van der Waals surface area contributed by atoms with Crippen molar-refractivity contribution in [1.82, 2.24) is 9.78 Å². The predicted molar refractivity (Wildman–Crippen MR) is 74.8 cm³/mol. The summed E-state index contributed by atoms with van der Waals surface area (Å²) in [6.07, 6.45) is 0. The summed E-state index contributed by atoms with van der Waals surface area (Å²) in [5, 5.41) is 18.2. The lowest BCUT2D eigenvalue weighted by Crippen LogP contribution is -2.06. The molecule has 1 N–H and O–H groups in total. The maximum Gasteiger partial charge on any atom is 0.433 e. The van der Waals surface area contributed by atoms with Gasteiger partial charge in [-0.1, -0.05) is 0 Å². The summed E-state index contributed by atoms with van der Waals surface area (Å²) in [5.74, 6) is 0.279. The van der Waals surface area contributed by atoms with Crippen molar-refractivity contribution in [3.63, 3.8) is 0 Å². The van der Waals surface area contributed by atoms with Crippen LogP contribution in [0.5, 0.6) is 0 Å². The first kappa shape index (κ1) is 14.1. The monoisotopic (exact) mass is 278 g/mol. The largest absolute Gasteiger partial charge is 0.433 e. The van der Waals surface area contributed by atoms with E-state index in [9.17, 15) is 10.1 Å². The first-order chi connectivity index (χ1) is 9.40. The van der Waals surface area contributed by atoms with Gasteiger partial charge >= 0.3 is 5.88 Å². The van der Waals surface area contributed by atoms with E-state index in [1.165, 1.54) is 6.07 Å². The van der Waals surface area contributed by atoms with Crippen LogP contribution in [0.3, 0.4) is 0 Å². The van der Waals surface area contributed by atoms with E-state index in [2.05, 4.69) is 24.3 Å². The van der Waals surface area contributed by atoms with Gasteiger partial charge in [0.1, 0.15) is 10.7 Å². The number of nitro groups is 1. The van der Waals surface area contributed by atoms with Crippen molar-refractivity contribution in [2.45, 2.75) is 40.3 Å². The van der Waals surface area contributed by atoms with Crippen molar-refractivity contribution in [1.29, 1.82) is 0 Å². The average Bonchev–Trinajstić information content (AvgIpc) is 2.93. The van der Waals surface area contributed by atoms with E-state index in [-0.39, 0.29) is 11.9 Å². The van der Waals surface area contributed by atoms with Crippen LogP contribution in [-0.4, -0.2) is 14.7 Å². The number of rotatable bonds is 5. The van der Waals surface area contributed by atoms with Crippen LogP contribution in [0.2, 0.25) is 0 Å². The highest BCUT2D eigenvalue weighted by atomic mass is 16.6. The van der Waals surface area contributed by atoms with E-state index >= 15 is 0 Å². The zero-order valence-corrected chi connectivity index (χ0v) is 12.0. The summed E-state index contributed by atoms with van der Waals surface area (Å²) in [6, 6.07) is 3.24. The summed E-state index contributed by atoms with van der Waals surface area (Å²) < 4.78 is 7.06. The minimum Gasteiger partial charge on any atom is -0.404 e. The van der Waals surface area contributed by atoms with E-state index < -0.39 is 4.92 Å². The molecule has 0 saturated carbocycles. The van der Waals surface area contributed by atoms with Gasteiger partial charge in [0.25, 0.3) is 0 Å². The van der Waals surface area contributed by atoms with Crippen LogP contribution < -0.4 is 5.32 Å². The predicted octanol–water partition coefficient (Wildman–Crippen LogP) is 3.19. The molecule has 0 unspecified atom stereocenters. The van der Waals surface area contributed by atoms with Gasteiger partial charge in [-0.25, -0.2) is 0 Å². The Morgan fingerprint density at radius 2 is 2.15 bits per heavy atom. The maximum atomic E-state index is 10.6. The molecule has 0 aliphatic heterocycles. The van der Waals surface area contributed by atoms with Gasteiger partial charge in [-0.15, -0.1) is 0 Å². The highest BCUT2D eigenvalue weighted by Crippen LogP contribution is 2.24. The molecule has 0 saturated heterocycles. The van der Waals surface area contributed by atoms with Crippen molar-refractivity contribution in [3.8, 4) is 0 Å². The number of hydrogen-bond donors (Lipinski definition) is 1. The van der Waals surface area contributed by atoms with Gasteiger partial charge in [-0.3, -0.25) is 14.8 Å². The summed E-state index contributed by atoms with van der Waals surface area (Å²) in [6.45, 7) is 8.45. The molecule has 0 aliphatic rings. The third-order valence-electron chi connectivity index (χ3n) is 3.08. The van der Waals surface area contributed by atoms with E-state index in [0.29, 0.717) is 12.3 Å². The van der Waals surface area contributed by atoms with Crippen molar-refractivity contribution in [2.24, 2.45) is 0 Å². The Labute approximate surface area is 116 Å². The maximum absolute atomic E-state index is 10.6. The van der Waals surface area contributed by atoms with Crippen molar-refractivity contribution in [3.05, 3.63) is 39.4 Å². The molecule has 0 fully saturated rings. The fraction of sp³-hybridized carbons (Fsp3) is 0.462. The van der Waals surface area contributed by atoms with Gasteiger partial charge in [0.05, 0.1) is 29.7 Å². The first-order valence-electron chi connectivity index (χ1n) is 6.42. The molecule has 0 aliphatic carbocycles. The molecule has 7 heteroatoms. The molecule has 7 nitrogen and oxygen atoms in total. The van der Waals surface area contributed by atoms with Crippen LogP contribution in [0.1, 0.15) is 37.0 Å². The molecule has 108 valence electrons. The Hall–Kier alpha value is -2.31. The average molecular weight is 278 g/mol. The quantitative estimate of drug-likeness (QED) is 0.670. The van der Waals surface area contributed by atoms with Crippen molar-refractivity contribution < 1.29 is 9.34 Å². The van der Waals surface area contributed by atoms with Gasteiger partial charge in [0.15, 0.2) is 0 Å². The molecule has 0 amide bonds. The minimum atomic E-state index is -0.545. The zero-order chi connectivity index (χ0) is 14.9. The number of aromatic nitrogens is 2. The SMILES string of the molecule is Cc1nn(C(C)C)c(C)c1NCc1ccc([N+](=O)[O-])o1. The molecule has 2 heterocycles. The Kier molecular flexibility index (Phi) is 3.78. The molecule has 0 bridgehead atoms. The summed E-state index contributed by atoms with van der Waals surface area (Å²) in [4.78, 5) is 10.0. The second-order valence-electron chi connectivity index (χ2n) is 4.93. The Morgan fingerprint density at radius 1 is 1.45 bits per heavy atom. The third kappa shape index (κ3) is 2.66. The van der Waals surface area contributed by atoms with Crippen LogP contribution >= 0.6 is 0 Å². The highest BCUT2D eigenvalue weighted by molar-refractivity contribution is 5.52. The minimum absolute atomic E-state index is 0.242. The van der Waals surface area contributed by atoms with E-state index in [1.807, 2.05) is 18.5 Å². The smallest absolute Gasteiger partial charge is 0.404 e. The van der Waals surface area contributed by atoms with E-state index in [1.54, 1.807) is 6.07 Å². The Balaban J connectivity index is 2.12. The van der Waals surface area contributed by atoms with Crippen LogP contribution in [0.25, 0.3) is 0 Å².